The van der Waals surface area contributed by atoms with Crippen LogP contribution in [0.3, 0.4) is 0 Å². The molecule has 0 saturated heterocycles. The zero-order chi connectivity index (χ0) is 11.6. The number of rotatable bonds is 3. The largest absolute Gasteiger partial charge is 0.389 e. The van der Waals surface area contributed by atoms with Crippen LogP contribution in [0.25, 0.3) is 0 Å². The van der Waals surface area contributed by atoms with Crippen LogP contribution in [0, 0.1) is 6.92 Å². The highest BCUT2D eigenvalue weighted by Gasteiger charge is 2.07. The lowest BCUT2D eigenvalue weighted by Gasteiger charge is -2.08. The Hall–Kier alpha value is -1.18. The van der Waals surface area contributed by atoms with Crippen molar-refractivity contribution in [3.05, 3.63) is 29.3 Å². The van der Waals surface area contributed by atoms with Gasteiger partial charge < -0.3 is 5.73 Å². The van der Waals surface area contributed by atoms with Crippen molar-refractivity contribution in [2.24, 2.45) is 10.9 Å². The average Bonchev–Trinajstić information content (AvgIpc) is 2.06. The summed E-state index contributed by atoms with van der Waals surface area (Å²) in [4.78, 5) is 0.201. The summed E-state index contributed by atoms with van der Waals surface area (Å²) in [6.07, 6.45) is 0. The maximum atomic E-state index is 10.8. The molecule has 0 bridgehead atoms. The minimum atomic E-state index is -3.78. The molecule has 5 N–H and O–H groups in total. The molecule has 0 amide bonds. The molecule has 5 nitrogen and oxygen atoms in total. The fourth-order valence-corrected chi connectivity index (χ4v) is 1.69. The van der Waals surface area contributed by atoms with Gasteiger partial charge in [-0.1, -0.05) is 24.4 Å². The third kappa shape index (κ3) is 3.46. The van der Waals surface area contributed by atoms with E-state index < -0.39 is 10.2 Å². The molecule has 15 heavy (non-hydrogen) atoms. The summed E-state index contributed by atoms with van der Waals surface area (Å²) in [5.74, 6) is 0. The van der Waals surface area contributed by atoms with E-state index in [9.17, 15) is 8.42 Å². The van der Waals surface area contributed by atoms with Crippen LogP contribution >= 0.6 is 12.2 Å². The van der Waals surface area contributed by atoms with E-state index in [1.165, 1.54) is 0 Å². The van der Waals surface area contributed by atoms with Crippen molar-refractivity contribution in [3.63, 3.8) is 0 Å². The van der Waals surface area contributed by atoms with Gasteiger partial charge in [0, 0.05) is 5.56 Å². The molecule has 0 aliphatic rings. The van der Waals surface area contributed by atoms with Crippen molar-refractivity contribution in [1.29, 1.82) is 0 Å². The van der Waals surface area contributed by atoms with Gasteiger partial charge in [0.05, 0.1) is 5.69 Å². The number of nitrogens with two attached hydrogens (primary N) is 2. The summed E-state index contributed by atoms with van der Waals surface area (Å²) < 4.78 is 23.9. The van der Waals surface area contributed by atoms with Crippen molar-refractivity contribution in [1.82, 2.24) is 0 Å². The highest BCUT2D eigenvalue weighted by atomic mass is 32.2. The summed E-state index contributed by atoms with van der Waals surface area (Å²) in [6, 6.07) is 4.97. The molecule has 1 aromatic carbocycles. The SMILES string of the molecule is Cc1ccc(C(N)=S)cc1NS(N)(=O)=O. The van der Waals surface area contributed by atoms with Gasteiger partial charge in [0.1, 0.15) is 4.99 Å². The first kappa shape index (κ1) is 11.9. The van der Waals surface area contributed by atoms with E-state index in [4.69, 9.17) is 23.1 Å². The Morgan fingerprint density at radius 3 is 2.53 bits per heavy atom. The Morgan fingerprint density at radius 1 is 1.47 bits per heavy atom. The van der Waals surface area contributed by atoms with Crippen LogP contribution in [0.2, 0.25) is 0 Å². The maximum Gasteiger partial charge on any atom is 0.296 e. The summed E-state index contributed by atoms with van der Waals surface area (Å²) in [5, 5.41) is 4.86. The van der Waals surface area contributed by atoms with Crippen molar-refractivity contribution in [2.75, 3.05) is 4.72 Å². The smallest absolute Gasteiger partial charge is 0.296 e. The van der Waals surface area contributed by atoms with E-state index >= 15 is 0 Å². The number of benzene rings is 1. The fraction of sp³-hybridized carbons (Fsp3) is 0.125. The van der Waals surface area contributed by atoms with E-state index in [1.54, 1.807) is 25.1 Å². The monoisotopic (exact) mass is 245 g/mol. The van der Waals surface area contributed by atoms with Gasteiger partial charge in [0.25, 0.3) is 10.2 Å². The molecule has 0 radical (unpaired) electrons. The number of hydrogen-bond acceptors (Lipinski definition) is 3. The Balaban J connectivity index is 3.17. The summed E-state index contributed by atoms with van der Waals surface area (Å²) in [6.45, 7) is 1.75. The second kappa shape index (κ2) is 4.13. The lowest BCUT2D eigenvalue weighted by atomic mass is 10.1. The first-order valence-electron chi connectivity index (χ1n) is 4.00. The lowest BCUT2D eigenvalue weighted by molar-refractivity contribution is 0.603. The van der Waals surface area contributed by atoms with Crippen LogP contribution in [-0.2, 0) is 10.2 Å². The predicted octanol–water partition coefficient (Wildman–Crippen LogP) is 0.245. The molecule has 1 aromatic rings. The topological polar surface area (TPSA) is 98.2 Å². The molecule has 0 atom stereocenters. The molecule has 0 heterocycles. The standard InChI is InChI=1S/C8H11N3O2S2/c1-5-2-3-6(8(9)14)4-7(5)11-15(10,12)13/h2-4,11H,1H3,(H2,9,14)(H2,10,12,13). The Kier molecular flexibility index (Phi) is 3.28. The van der Waals surface area contributed by atoms with Crippen molar-refractivity contribution < 1.29 is 8.42 Å². The van der Waals surface area contributed by atoms with E-state index in [0.717, 1.165) is 5.56 Å². The number of anilines is 1. The van der Waals surface area contributed by atoms with Gasteiger partial charge in [0.2, 0.25) is 0 Å². The van der Waals surface area contributed by atoms with E-state index in [0.29, 0.717) is 11.3 Å². The first-order chi connectivity index (χ1) is 6.79. The van der Waals surface area contributed by atoms with Gasteiger partial charge in [-0.2, -0.15) is 8.42 Å². The van der Waals surface area contributed by atoms with Crippen LogP contribution < -0.4 is 15.6 Å². The van der Waals surface area contributed by atoms with Crippen molar-refractivity contribution in [2.45, 2.75) is 6.92 Å². The van der Waals surface area contributed by atoms with Gasteiger partial charge in [-0.3, -0.25) is 4.72 Å². The van der Waals surface area contributed by atoms with Crippen LogP contribution in [0.1, 0.15) is 11.1 Å². The third-order valence-electron chi connectivity index (χ3n) is 1.77. The number of nitrogens with one attached hydrogen (secondary N) is 1. The predicted molar refractivity (Wildman–Crippen MR) is 63.8 cm³/mol. The first-order valence-corrected chi connectivity index (χ1v) is 5.96. The lowest BCUT2D eigenvalue weighted by Crippen LogP contribution is -2.22. The van der Waals surface area contributed by atoms with Crippen LogP contribution in [0.15, 0.2) is 18.2 Å². The van der Waals surface area contributed by atoms with E-state index in [1.807, 2.05) is 0 Å². The van der Waals surface area contributed by atoms with E-state index in [-0.39, 0.29) is 4.99 Å². The third-order valence-corrected chi connectivity index (χ3v) is 2.51. The second-order valence-electron chi connectivity index (χ2n) is 3.04. The van der Waals surface area contributed by atoms with Gasteiger partial charge in [-0.25, -0.2) is 5.14 Å². The average molecular weight is 245 g/mol. The molecular formula is C8H11N3O2S2. The molecule has 0 fully saturated rings. The van der Waals surface area contributed by atoms with Crippen molar-refractivity contribution in [3.8, 4) is 0 Å². The zero-order valence-corrected chi connectivity index (χ0v) is 9.65. The highest BCUT2D eigenvalue weighted by Crippen LogP contribution is 2.17. The van der Waals surface area contributed by atoms with Gasteiger partial charge >= 0.3 is 0 Å². The maximum absolute atomic E-state index is 10.8. The summed E-state index contributed by atoms with van der Waals surface area (Å²) in [7, 11) is -3.78. The number of aryl methyl sites for hydroxylation is 1. The van der Waals surface area contributed by atoms with Gasteiger partial charge in [0.15, 0.2) is 0 Å². The number of hydrogen-bond donors (Lipinski definition) is 3. The summed E-state index contributed by atoms with van der Waals surface area (Å²) in [5.41, 5.74) is 7.12. The molecule has 0 aliphatic heterocycles. The normalized spacial score (nSPS) is 11.1. The Labute approximate surface area is 93.6 Å². The molecule has 0 saturated carbocycles. The minimum absolute atomic E-state index is 0.201. The Morgan fingerprint density at radius 2 is 2.07 bits per heavy atom. The summed E-state index contributed by atoms with van der Waals surface area (Å²) >= 11 is 4.78. The van der Waals surface area contributed by atoms with Crippen LogP contribution in [-0.4, -0.2) is 13.4 Å². The Bertz CT molecular complexity index is 497. The molecule has 82 valence electrons. The molecule has 0 unspecified atom stereocenters. The molecule has 1 rings (SSSR count). The molecule has 0 aromatic heterocycles. The van der Waals surface area contributed by atoms with Crippen LogP contribution in [0.5, 0.6) is 0 Å². The molecule has 0 spiro atoms. The molecule has 7 heteroatoms. The van der Waals surface area contributed by atoms with E-state index in [2.05, 4.69) is 4.72 Å². The van der Waals surface area contributed by atoms with Gasteiger partial charge in [-0.05, 0) is 18.6 Å². The number of thiocarbonyl (C=S) groups is 1. The highest BCUT2D eigenvalue weighted by molar-refractivity contribution is 7.90. The molecular weight excluding hydrogens is 234 g/mol. The molecule has 0 aliphatic carbocycles. The quantitative estimate of drug-likeness (QED) is 0.664. The minimum Gasteiger partial charge on any atom is -0.389 e. The van der Waals surface area contributed by atoms with Gasteiger partial charge in [-0.15, -0.1) is 0 Å². The zero-order valence-electron chi connectivity index (χ0n) is 8.02. The van der Waals surface area contributed by atoms with Crippen LogP contribution in [0.4, 0.5) is 5.69 Å². The van der Waals surface area contributed by atoms with Crippen molar-refractivity contribution >= 4 is 33.1 Å². The second-order valence-corrected chi connectivity index (χ2v) is 4.77. The fourth-order valence-electron chi connectivity index (χ4n) is 1.04.